The van der Waals surface area contributed by atoms with E-state index in [1.165, 1.54) is 6.20 Å². The minimum Gasteiger partial charge on any atom is -0.348 e. The van der Waals surface area contributed by atoms with Crippen LogP contribution in [0.4, 0.5) is 5.69 Å². The van der Waals surface area contributed by atoms with Crippen LogP contribution >= 0.6 is 0 Å². The third-order valence-electron chi connectivity index (χ3n) is 2.63. The Morgan fingerprint density at radius 2 is 2.11 bits per heavy atom. The van der Waals surface area contributed by atoms with Crippen molar-refractivity contribution in [3.05, 3.63) is 40.3 Å². The Hall–Kier alpha value is -1.99. The molecule has 7 nitrogen and oxygen atoms in total. The third-order valence-corrected chi connectivity index (χ3v) is 2.63. The number of hydrogen-bond acceptors (Lipinski definition) is 5. The summed E-state index contributed by atoms with van der Waals surface area (Å²) >= 11 is 0. The van der Waals surface area contributed by atoms with Crippen molar-refractivity contribution >= 4 is 11.3 Å². The van der Waals surface area contributed by atoms with E-state index in [1.54, 1.807) is 22.9 Å². The molecule has 2 heterocycles. The van der Waals surface area contributed by atoms with Gasteiger partial charge in [0.15, 0.2) is 6.29 Å². The SMILES string of the molecule is CCOC(OCC)c1cc2nccn2cc1[N+](=O)[O-]. The maximum absolute atomic E-state index is 11.2. The summed E-state index contributed by atoms with van der Waals surface area (Å²) in [5.74, 6) is 0. The van der Waals surface area contributed by atoms with Gasteiger partial charge in [0, 0.05) is 25.6 Å². The maximum atomic E-state index is 11.2. The van der Waals surface area contributed by atoms with Crippen molar-refractivity contribution in [2.24, 2.45) is 0 Å². The van der Waals surface area contributed by atoms with Crippen molar-refractivity contribution in [2.75, 3.05) is 13.2 Å². The molecule has 2 rings (SSSR count). The molecular formula is C12H15N3O4. The number of hydrogen-bond donors (Lipinski definition) is 0. The average molecular weight is 265 g/mol. The van der Waals surface area contributed by atoms with Gasteiger partial charge in [-0.1, -0.05) is 0 Å². The number of imidazole rings is 1. The molecule has 2 aromatic rings. The van der Waals surface area contributed by atoms with E-state index in [-0.39, 0.29) is 5.69 Å². The Balaban J connectivity index is 2.53. The van der Waals surface area contributed by atoms with Crippen molar-refractivity contribution in [2.45, 2.75) is 20.1 Å². The summed E-state index contributed by atoms with van der Waals surface area (Å²) < 4.78 is 12.4. The molecular weight excluding hydrogens is 250 g/mol. The lowest BCUT2D eigenvalue weighted by atomic mass is 10.2. The van der Waals surface area contributed by atoms with Crippen molar-refractivity contribution in [3.8, 4) is 0 Å². The zero-order chi connectivity index (χ0) is 13.8. The quantitative estimate of drug-likeness (QED) is 0.455. The average Bonchev–Trinajstić information content (AvgIpc) is 2.84. The van der Waals surface area contributed by atoms with Gasteiger partial charge < -0.3 is 13.9 Å². The molecule has 2 aromatic heterocycles. The molecule has 0 radical (unpaired) electrons. The van der Waals surface area contributed by atoms with E-state index in [4.69, 9.17) is 9.47 Å². The molecule has 0 atom stereocenters. The molecule has 0 aliphatic rings. The minimum absolute atomic E-state index is 0.0441. The molecule has 7 heteroatoms. The fraction of sp³-hybridized carbons (Fsp3) is 0.417. The third kappa shape index (κ3) is 2.72. The molecule has 0 N–H and O–H groups in total. The van der Waals surface area contributed by atoms with Crippen LogP contribution in [-0.4, -0.2) is 27.5 Å². The number of rotatable bonds is 6. The topological polar surface area (TPSA) is 78.9 Å². The van der Waals surface area contributed by atoms with Gasteiger partial charge in [-0.15, -0.1) is 0 Å². The van der Waals surface area contributed by atoms with Crippen LogP contribution in [-0.2, 0) is 9.47 Å². The van der Waals surface area contributed by atoms with Crippen LogP contribution in [0.3, 0.4) is 0 Å². The number of ether oxygens (including phenoxy) is 2. The van der Waals surface area contributed by atoms with Crippen molar-refractivity contribution < 1.29 is 14.4 Å². The second-order valence-electron chi connectivity index (χ2n) is 3.81. The molecule has 102 valence electrons. The predicted molar refractivity (Wildman–Crippen MR) is 67.8 cm³/mol. The van der Waals surface area contributed by atoms with Gasteiger partial charge in [-0.25, -0.2) is 4.98 Å². The van der Waals surface area contributed by atoms with Gasteiger partial charge >= 0.3 is 0 Å². The highest BCUT2D eigenvalue weighted by atomic mass is 16.7. The molecule has 0 aliphatic heterocycles. The molecule has 0 aromatic carbocycles. The second-order valence-corrected chi connectivity index (χ2v) is 3.81. The fourth-order valence-electron chi connectivity index (χ4n) is 1.84. The molecule has 0 aliphatic carbocycles. The lowest BCUT2D eigenvalue weighted by molar-refractivity contribution is -0.387. The zero-order valence-corrected chi connectivity index (χ0v) is 10.8. The first-order chi connectivity index (χ1) is 9.17. The zero-order valence-electron chi connectivity index (χ0n) is 10.8. The van der Waals surface area contributed by atoms with E-state index in [9.17, 15) is 10.1 Å². The summed E-state index contributed by atoms with van der Waals surface area (Å²) in [5.41, 5.74) is 0.954. The van der Waals surface area contributed by atoms with Crippen LogP contribution < -0.4 is 0 Å². The van der Waals surface area contributed by atoms with E-state index in [0.717, 1.165) is 0 Å². The largest absolute Gasteiger partial charge is 0.348 e. The van der Waals surface area contributed by atoms with Gasteiger partial charge in [0.2, 0.25) is 0 Å². The Morgan fingerprint density at radius 1 is 1.42 bits per heavy atom. The van der Waals surface area contributed by atoms with Crippen molar-refractivity contribution in [1.82, 2.24) is 9.38 Å². The molecule has 0 spiro atoms. The minimum atomic E-state index is -0.753. The van der Waals surface area contributed by atoms with Gasteiger partial charge in [-0.2, -0.15) is 0 Å². The van der Waals surface area contributed by atoms with Gasteiger partial charge in [-0.3, -0.25) is 10.1 Å². The number of nitrogens with zero attached hydrogens (tertiary/aromatic N) is 3. The van der Waals surface area contributed by atoms with Crippen molar-refractivity contribution in [3.63, 3.8) is 0 Å². The summed E-state index contributed by atoms with van der Waals surface area (Å²) in [7, 11) is 0. The Labute approximate surface area is 109 Å². The van der Waals surface area contributed by atoms with E-state index >= 15 is 0 Å². The lowest BCUT2D eigenvalue weighted by Gasteiger charge is -2.17. The summed E-state index contributed by atoms with van der Waals surface area (Å²) in [4.78, 5) is 14.8. The van der Waals surface area contributed by atoms with Gasteiger partial charge in [0.05, 0.1) is 16.7 Å². The van der Waals surface area contributed by atoms with E-state index in [1.807, 2.05) is 13.8 Å². The highest BCUT2D eigenvalue weighted by Gasteiger charge is 2.24. The summed E-state index contributed by atoms with van der Waals surface area (Å²) in [6, 6.07) is 1.62. The number of aromatic nitrogens is 2. The molecule has 0 bridgehead atoms. The first-order valence-corrected chi connectivity index (χ1v) is 6.01. The Morgan fingerprint density at radius 3 is 2.68 bits per heavy atom. The van der Waals surface area contributed by atoms with Gasteiger partial charge in [0.1, 0.15) is 5.65 Å². The first kappa shape index (κ1) is 13.4. The number of nitro groups is 1. The molecule has 0 saturated heterocycles. The van der Waals surface area contributed by atoms with E-state index in [0.29, 0.717) is 24.4 Å². The number of fused-ring (bicyclic) bond motifs is 1. The Bertz CT molecular complexity index is 575. The number of pyridine rings is 1. The summed E-state index contributed by atoms with van der Waals surface area (Å²) in [6.07, 6.45) is 3.90. The summed E-state index contributed by atoms with van der Waals surface area (Å²) in [6.45, 7) is 4.43. The summed E-state index contributed by atoms with van der Waals surface area (Å²) in [5, 5.41) is 11.2. The van der Waals surface area contributed by atoms with Crippen LogP contribution in [0.15, 0.2) is 24.7 Å². The maximum Gasteiger partial charge on any atom is 0.294 e. The van der Waals surface area contributed by atoms with Gasteiger partial charge in [-0.05, 0) is 19.9 Å². The normalized spacial score (nSPS) is 11.3. The van der Waals surface area contributed by atoms with Crippen LogP contribution in [0.5, 0.6) is 0 Å². The van der Waals surface area contributed by atoms with Crippen LogP contribution in [0.2, 0.25) is 0 Å². The monoisotopic (exact) mass is 265 g/mol. The second kappa shape index (κ2) is 5.77. The predicted octanol–water partition coefficient (Wildman–Crippen LogP) is 2.31. The van der Waals surface area contributed by atoms with E-state index < -0.39 is 11.2 Å². The van der Waals surface area contributed by atoms with Crippen molar-refractivity contribution in [1.29, 1.82) is 0 Å². The van der Waals surface area contributed by atoms with E-state index in [2.05, 4.69) is 4.98 Å². The van der Waals surface area contributed by atoms with Gasteiger partial charge in [0.25, 0.3) is 5.69 Å². The van der Waals surface area contributed by atoms with Crippen LogP contribution in [0, 0.1) is 10.1 Å². The van der Waals surface area contributed by atoms with Crippen LogP contribution in [0.1, 0.15) is 25.7 Å². The smallest absolute Gasteiger partial charge is 0.294 e. The molecule has 0 saturated carbocycles. The fourth-order valence-corrected chi connectivity index (χ4v) is 1.84. The molecule has 0 unspecified atom stereocenters. The molecule has 0 amide bonds. The van der Waals surface area contributed by atoms with Crippen LogP contribution in [0.25, 0.3) is 5.65 Å². The highest BCUT2D eigenvalue weighted by molar-refractivity contribution is 5.51. The highest BCUT2D eigenvalue weighted by Crippen LogP contribution is 2.29. The molecule has 19 heavy (non-hydrogen) atoms. The Kier molecular flexibility index (Phi) is 4.08. The first-order valence-electron chi connectivity index (χ1n) is 6.01. The molecule has 0 fully saturated rings. The standard InChI is InChI=1S/C12H15N3O4/c1-3-18-12(19-4-2)9-7-11-13-5-6-14(11)8-10(9)15(16)17/h5-8,12H,3-4H2,1-2H3. The lowest BCUT2D eigenvalue weighted by Crippen LogP contribution is -2.12.